The number of rotatable bonds is 5. The first-order chi connectivity index (χ1) is 8.23. The highest BCUT2D eigenvalue weighted by molar-refractivity contribution is 8.02. The molecule has 1 atom stereocenters. The first-order valence-electron chi connectivity index (χ1n) is 5.78. The fourth-order valence-corrected chi connectivity index (χ4v) is 4.52. The lowest BCUT2D eigenvalue weighted by Gasteiger charge is -2.22. The fraction of sp³-hybridized carbons (Fsp3) is 0.462. The van der Waals surface area contributed by atoms with Gasteiger partial charge in [-0.2, -0.15) is 0 Å². The molecule has 1 N–H and O–H groups in total. The summed E-state index contributed by atoms with van der Waals surface area (Å²) in [6, 6.07) is 10.2. The van der Waals surface area contributed by atoms with Crippen molar-refractivity contribution in [1.82, 2.24) is 0 Å². The highest BCUT2D eigenvalue weighted by Crippen LogP contribution is 2.42. The second-order valence-electron chi connectivity index (χ2n) is 4.16. The van der Waals surface area contributed by atoms with Gasteiger partial charge in [0.15, 0.2) is 0 Å². The van der Waals surface area contributed by atoms with Gasteiger partial charge >= 0.3 is 5.97 Å². The van der Waals surface area contributed by atoms with Crippen molar-refractivity contribution in [1.29, 1.82) is 0 Å². The molecule has 4 heteroatoms. The molecule has 1 heterocycles. The van der Waals surface area contributed by atoms with E-state index in [0.29, 0.717) is 0 Å². The van der Waals surface area contributed by atoms with Crippen LogP contribution in [0.3, 0.4) is 0 Å². The molecule has 0 amide bonds. The molecule has 0 aliphatic carbocycles. The molecule has 2 nitrogen and oxygen atoms in total. The van der Waals surface area contributed by atoms with E-state index in [1.165, 1.54) is 4.90 Å². The average Bonchev–Trinajstić information content (AvgIpc) is 2.80. The zero-order valence-corrected chi connectivity index (χ0v) is 11.2. The van der Waals surface area contributed by atoms with Crippen molar-refractivity contribution in [2.24, 2.45) is 0 Å². The van der Waals surface area contributed by atoms with Gasteiger partial charge < -0.3 is 5.11 Å². The third-order valence-electron chi connectivity index (χ3n) is 3.01. The number of carbonyl (C=O) groups is 1. The molecule has 17 heavy (non-hydrogen) atoms. The Morgan fingerprint density at radius 3 is 2.76 bits per heavy atom. The van der Waals surface area contributed by atoms with E-state index in [9.17, 15) is 9.90 Å². The Balaban J connectivity index is 1.87. The summed E-state index contributed by atoms with van der Waals surface area (Å²) in [7, 11) is 0. The Bertz CT molecular complexity index is 372. The monoisotopic (exact) mass is 268 g/mol. The normalized spacial score (nSPS) is 23.8. The van der Waals surface area contributed by atoms with Crippen molar-refractivity contribution in [2.45, 2.75) is 28.9 Å². The number of hydrogen-bond donors (Lipinski definition) is 1. The average molecular weight is 268 g/mol. The van der Waals surface area contributed by atoms with Gasteiger partial charge in [-0.25, -0.2) is 0 Å². The number of carboxylic acids is 1. The number of aliphatic carboxylic acids is 1. The van der Waals surface area contributed by atoms with Gasteiger partial charge in [-0.1, -0.05) is 18.2 Å². The minimum atomic E-state index is -0.631. The van der Waals surface area contributed by atoms with Crippen LogP contribution in [0.15, 0.2) is 35.2 Å². The summed E-state index contributed by atoms with van der Waals surface area (Å²) in [6.45, 7) is 0. The fourth-order valence-electron chi connectivity index (χ4n) is 2.02. The minimum Gasteiger partial charge on any atom is -0.480 e. The van der Waals surface area contributed by atoms with Crippen LogP contribution in [0.5, 0.6) is 0 Å². The minimum absolute atomic E-state index is 0.512. The molecule has 0 aromatic heterocycles. The van der Waals surface area contributed by atoms with E-state index in [-0.39, 0.29) is 0 Å². The summed E-state index contributed by atoms with van der Waals surface area (Å²) >= 11 is 3.37. The van der Waals surface area contributed by atoms with E-state index in [1.807, 2.05) is 18.2 Å². The van der Waals surface area contributed by atoms with Gasteiger partial charge in [-0.3, -0.25) is 4.79 Å². The Kier molecular flexibility index (Phi) is 4.40. The van der Waals surface area contributed by atoms with E-state index < -0.39 is 10.7 Å². The van der Waals surface area contributed by atoms with E-state index in [2.05, 4.69) is 12.1 Å². The van der Waals surface area contributed by atoms with E-state index >= 15 is 0 Å². The molecular weight excluding hydrogens is 252 g/mol. The van der Waals surface area contributed by atoms with Gasteiger partial charge in [0.05, 0.1) is 0 Å². The molecule has 1 aliphatic heterocycles. The lowest BCUT2D eigenvalue weighted by molar-refractivity contribution is -0.140. The van der Waals surface area contributed by atoms with Crippen LogP contribution in [0.25, 0.3) is 0 Å². The van der Waals surface area contributed by atoms with Crippen LogP contribution in [-0.4, -0.2) is 27.3 Å². The summed E-state index contributed by atoms with van der Waals surface area (Å²) in [6.07, 6.45) is 2.61. The first kappa shape index (κ1) is 12.8. The van der Waals surface area contributed by atoms with E-state index in [1.54, 1.807) is 23.5 Å². The summed E-state index contributed by atoms with van der Waals surface area (Å²) < 4.78 is -0.512. The van der Waals surface area contributed by atoms with Crippen LogP contribution >= 0.6 is 23.5 Å². The predicted molar refractivity (Wildman–Crippen MR) is 73.8 cm³/mol. The molecule has 1 fully saturated rings. The van der Waals surface area contributed by atoms with Crippen LogP contribution in [0.1, 0.15) is 19.3 Å². The number of hydrogen-bond acceptors (Lipinski definition) is 3. The van der Waals surface area contributed by atoms with Crippen molar-refractivity contribution in [3.63, 3.8) is 0 Å². The van der Waals surface area contributed by atoms with Crippen molar-refractivity contribution in [2.75, 3.05) is 11.5 Å². The van der Waals surface area contributed by atoms with Crippen LogP contribution in [0.2, 0.25) is 0 Å². The summed E-state index contributed by atoms with van der Waals surface area (Å²) in [4.78, 5) is 12.6. The molecular formula is C13H16O2S2. The Labute approximate surface area is 110 Å². The quantitative estimate of drug-likeness (QED) is 0.829. The van der Waals surface area contributed by atoms with Gasteiger partial charge in [-0.05, 0) is 42.9 Å². The third-order valence-corrected chi connectivity index (χ3v) is 5.65. The summed E-state index contributed by atoms with van der Waals surface area (Å²) in [5.74, 6) is 1.24. The van der Waals surface area contributed by atoms with Gasteiger partial charge in [0.2, 0.25) is 0 Å². The summed E-state index contributed by atoms with van der Waals surface area (Å²) in [5, 5.41) is 9.33. The van der Waals surface area contributed by atoms with Crippen molar-refractivity contribution in [3.8, 4) is 0 Å². The molecule has 1 aromatic carbocycles. The maximum atomic E-state index is 11.3. The number of thioether (sulfide) groups is 2. The highest BCUT2D eigenvalue weighted by atomic mass is 32.2. The molecule has 0 spiro atoms. The summed E-state index contributed by atoms with van der Waals surface area (Å²) in [5.41, 5.74) is 0. The second kappa shape index (κ2) is 5.83. The van der Waals surface area contributed by atoms with Crippen LogP contribution in [0.4, 0.5) is 0 Å². The molecule has 2 rings (SSSR count). The van der Waals surface area contributed by atoms with Crippen molar-refractivity contribution in [3.05, 3.63) is 30.3 Å². The third kappa shape index (κ3) is 3.19. The lowest BCUT2D eigenvalue weighted by atomic mass is 10.0. The molecule has 1 saturated heterocycles. The highest BCUT2D eigenvalue weighted by Gasteiger charge is 2.41. The van der Waals surface area contributed by atoms with Crippen LogP contribution in [-0.2, 0) is 4.79 Å². The van der Waals surface area contributed by atoms with Gasteiger partial charge in [0, 0.05) is 4.90 Å². The molecule has 1 aliphatic rings. The second-order valence-corrected chi connectivity index (χ2v) is 6.81. The van der Waals surface area contributed by atoms with Gasteiger partial charge in [0.25, 0.3) is 0 Å². The number of carboxylic acid groups (broad SMARTS) is 1. The van der Waals surface area contributed by atoms with Gasteiger partial charge in [-0.15, -0.1) is 23.5 Å². The predicted octanol–water partition coefficient (Wildman–Crippen LogP) is 3.52. The first-order valence-corrected chi connectivity index (χ1v) is 7.75. The molecule has 1 unspecified atom stereocenters. The SMILES string of the molecule is O=C(O)C1(CCSc2ccccc2)CCCS1. The molecule has 92 valence electrons. The Morgan fingerprint density at radius 2 is 2.18 bits per heavy atom. The topological polar surface area (TPSA) is 37.3 Å². The van der Waals surface area contributed by atoms with Crippen molar-refractivity contribution < 1.29 is 9.90 Å². The maximum Gasteiger partial charge on any atom is 0.319 e. The molecule has 0 radical (unpaired) electrons. The smallest absolute Gasteiger partial charge is 0.319 e. The molecule has 0 saturated carbocycles. The zero-order chi connectivity index (χ0) is 12.1. The lowest BCUT2D eigenvalue weighted by Crippen LogP contribution is -2.32. The van der Waals surface area contributed by atoms with E-state index in [4.69, 9.17) is 0 Å². The molecule has 0 bridgehead atoms. The van der Waals surface area contributed by atoms with E-state index in [0.717, 1.165) is 30.8 Å². The zero-order valence-electron chi connectivity index (χ0n) is 9.59. The maximum absolute atomic E-state index is 11.3. The van der Waals surface area contributed by atoms with Crippen molar-refractivity contribution >= 4 is 29.5 Å². The Hall–Kier alpha value is -0.610. The van der Waals surface area contributed by atoms with Crippen LogP contribution in [0, 0.1) is 0 Å². The van der Waals surface area contributed by atoms with Crippen LogP contribution < -0.4 is 0 Å². The molecule has 1 aromatic rings. The standard InChI is InChI=1S/C13H16O2S2/c14-12(15)13(7-4-9-17-13)8-10-16-11-5-2-1-3-6-11/h1-3,5-6H,4,7-10H2,(H,14,15). The largest absolute Gasteiger partial charge is 0.480 e. The number of benzene rings is 1. The van der Waals surface area contributed by atoms with Gasteiger partial charge in [0.1, 0.15) is 4.75 Å². The Morgan fingerprint density at radius 1 is 1.41 bits per heavy atom.